The van der Waals surface area contributed by atoms with Crippen LogP contribution in [0.4, 0.5) is 0 Å². The lowest BCUT2D eigenvalue weighted by molar-refractivity contribution is 0.413. The van der Waals surface area contributed by atoms with Crippen molar-refractivity contribution in [1.29, 1.82) is 0 Å². The highest BCUT2D eigenvalue weighted by atomic mass is 35.5. The largest absolute Gasteiger partial charge is 0.494 e. The number of rotatable bonds is 3. The zero-order valence-electron chi connectivity index (χ0n) is 7.71. The van der Waals surface area contributed by atoms with Gasteiger partial charge >= 0.3 is 0 Å². The fourth-order valence-corrected chi connectivity index (χ4v) is 1.88. The molecule has 0 aliphatic carbocycles. The number of hydrogen-bond acceptors (Lipinski definition) is 2. The zero-order valence-corrected chi connectivity index (χ0v) is 9.28. The lowest BCUT2D eigenvalue weighted by Crippen LogP contribution is -1.90. The standard InChI is InChI=1S/C9H12ClNOS/c1-12-8-4-7(6-13(2)3)5-11-9(8)10/h4-5H,2,6H2,1,3H3. The van der Waals surface area contributed by atoms with Gasteiger partial charge in [0.15, 0.2) is 10.9 Å². The maximum Gasteiger partial charge on any atom is 0.171 e. The third-order valence-corrected chi connectivity index (χ3v) is 2.61. The van der Waals surface area contributed by atoms with E-state index in [0.717, 1.165) is 11.3 Å². The molecule has 0 radical (unpaired) electrons. The van der Waals surface area contributed by atoms with Gasteiger partial charge in [0, 0.05) is 11.9 Å². The van der Waals surface area contributed by atoms with Crippen molar-refractivity contribution in [3.63, 3.8) is 0 Å². The molecule has 1 heterocycles. The molecule has 2 nitrogen and oxygen atoms in total. The minimum atomic E-state index is 0.128. The van der Waals surface area contributed by atoms with Crippen LogP contribution in [0.5, 0.6) is 5.75 Å². The quantitative estimate of drug-likeness (QED) is 0.574. The highest BCUT2D eigenvalue weighted by Gasteiger charge is 2.02. The molecule has 13 heavy (non-hydrogen) atoms. The summed E-state index contributed by atoms with van der Waals surface area (Å²) in [5, 5.41) is 0.409. The first-order valence-corrected chi connectivity index (χ1v) is 6.09. The first-order chi connectivity index (χ1) is 6.13. The SMILES string of the molecule is C=S(C)Cc1cnc(Cl)c(OC)c1. The van der Waals surface area contributed by atoms with E-state index in [-0.39, 0.29) is 10.5 Å². The number of aromatic nitrogens is 1. The Bertz CT molecular complexity index is 327. The van der Waals surface area contributed by atoms with Crippen molar-refractivity contribution in [2.45, 2.75) is 5.75 Å². The first-order valence-electron chi connectivity index (χ1n) is 3.74. The molecule has 1 atom stereocenters. The Morgan fingerprint density at radius 2 is 2.38 bits per heavy atom. The minimum Gasteiger partial charge on any atom is -0.494 e. The van der Waals surface area contributed by atoms with Crippen molar-refractivity contribution in [3.05, 3.63) is 23.0 Å². The normalized spacial score (nSPS) is 12.5. The molecule has 1 unspecified atom stereocenters. The smallest absolute Gasteiger partial charge is 0.171 e. The molecule has 0 N–H and O–H groups in total. The summed E-state index contributed by atoms with van der Waals surface area (Å²) in [4.78, 5) is 4.02. The summed E-state index contributed by atoms with van der Waals surface area (Å²) < 4.78 is 5.06. The van der Waals surface area contributed by atoms with E-state index >= 15 is 0 Å². The van der Waals surface area contributed by atoms with E-state index in [1.807, 2.05) is 6.07 Å². The van der Waals surface area contributed by atoms with Crippen molar-refractivity contribution in [1.82, 2.24) is 4.98 Å². The lowest BCUT2D eigenvalue weighted by atomic mass is 10.3. The second kappa shape index (κ2) is 4.63. The summed E-state index contributed by atoms with van der Waals surface area (Å²) in [7, 11) is 1.71. The number of halogens is 1. The van der Waals surface area contributed by atoms with Crippen molar-refractivity contribution in [3.8, 4) is 5.75 Å². The third kappa shape index (κ3) is 3.01. The monoisotopic (exact) mass is 217 g/mol. The molecule has 72 valence electrons. The van der Waals surface area contributed by atoms with Crippen LogP contribution < -0.4 is 4.74 Å². The van der Waals surface area contributed by atoms with Crippen LogP contribution in [0.2, 0.25) is 5.15 Å². The van der Waals surface area contributed by atoms with Crippen LogP contribution in [0.1, 0.15) is 5.56 Å². The predicted octanol–water partition coefficient (Wildman–Crippen LogP) is 2.57. The summed E-state index contributed by atoms with van der Waals surface area (Å²) >= 11 is 5.78. The van der Waals surface area contributed by atoms with Gasteiger partial charge < -0.3 is 4.74 Å². The molecule has 0 bridgehead atoms. The first kappa shape index (κ1) is 10.5. The van der Waals surface area contributed by atoms with Crippen LogP contribution in [0.3, 0.4) is 0 Å². The van der Waals surface area contributed by atoms with Gasteiger partial charge in [-0.3, -0.25) is 0 Å². The van der Waals surface area contributed by atoms with Crippen LogP contribution in [0, 0.1) is 0 Å². The Kier molecular flexibility index (Phi) is 3.75. The molecular formula is C9H12ClNOS. The highest BCUT2D eigenvalue weighted by Crippen LogP contribution is 2.24. The molecule has 1 rings (SSSR count). The molecule has 1 aromatic heterocycles. The second-order valence-corrected chi connectivity index (χ2v) is 4.97. The molecule has 0 spiro atoms. The average Bonchev–Trinajstić information content (AvgIpc) is 2.07. The summed E-state index contributed by atoms with van der Waals surface area (Å²) in [5.41, 5.74) is 1.11. The second-order valence-electron chi connectivity index (χ2n) is 2.76. The molecule has 4 heteroatoms. The summed E-state index contributed by atoms with van der Waals surface area (Å²) in [6.07, 6.45) is 3.85. The molecule has 0 aromatic carbocycles. The van der Waals surface area contributed by atoms with Gasteiger partial charge in [-0.05, 0) is 17.9 Å². The zero-order chi connectivity index (χ0) is 9.84. The molecule has 0 saturated heterocycles. The molecule has 0 aliphatic heterocycles. The van der Waals surface area contributed by atoms with Gasteiger partial charge in [-0.2, -0.15) is 10.5 Å². The van der Waals surface area contributed by atoms with Crippen molar-refractivity contribution >= 4 is 28.0 Å². The van der Waals surface area contributed by atoms with Gasteiger partial charge in [-0.15, -0.1) is 0 Å². The molecular weight excluding hydrogens is 206 g/mol. The van der Waals surface area contributed by atoms with Gasteiger partial charge in [0.1, 0.15) is 0 Å². The highest BCUT2D eigenvalue weighted by molar-refractivity contribution is 8.12. The van der Waals surface area contributed by atoms with Crippen molar-refractivity contribution in [2.24, 2.45) is 0 Å². The summed E-state index contributed by atoms with van der Waals surface area (Å²) in [5.74, 6) is 5.48. The van der Waals surface area contributed by atoms with E-state index in [9.17, 15) is 0 Å². The van der Waals surface area contributed by atoms with E-state index in [1.165, 1.54) is 0 Å². The molecule has 1 aromatic rings. The van der Waals surface area contributed by atoms with Crippen LogP contribution in [-0.2, 0) is 5.75 Å². The Labute approximate surface area is 85.8 Å². The number of ether oxygens (including phenoxy) is 1. The van der Waals surface area contributed by atoms with Crippen LogP contribution in [0.25, 0.3) is 0 Å². The molecule has 0 saturated carbocycles. The van der Waals surface area contributed by atoms with E-state index < -0.39 is 0 Å². The fraction of sp³-hybridized carbons (Fsp3) is 0.333. The van der Waals surface area contributed by atoms with Gasteiger partial charge in [-0.1, -0.05) is 17.5 Å². The van der Waals surface area contributed by atoms with Crippen molar-refractivity contribution in [2.75, 3.05) is 13.4 Å². The topological polar surface area (TPSA) is 22.1 Å². The number of methoxy groups -OCH3 is 1. The number of hydrogen-bond donors (Lipinski definition) is 0. The Balaban J connectivity index is 2.92. The summed E-state index contributed by atoms with van der Waals surface area (Å²) in [6, 6.07) is 1.91. The van der Waals surface area contributed by atoms with E-state index in [2.05, 4.69) is 17.1 Å². The maximum absolute atomic E-state index is 5.78. The number of nitrogens with zero attached hydrogens (tertiary/aromatic N) is 1. The maximum atomic E-state index is 5.78. The van der Waals surface area contributed by atoms with Crippen molar-refractivity contribution < 1.29 is 4.74 Å². The van der Waals surface area contributed by atoms with Gasteiger partial charge in [-0.25, -0.2) is 4.98 Å². The minimum absolute atomic E-state index is 0.128. The third-order valence-electron chi connectivity index (χ3n) is 1.50. The van der Waals surface area contributed by atoms with Gasteiger partial charge in [0.05, 0.1) is 7.11 Å². The van der Waals surface area contributed by atoms with E-state index in [1.54, 1.807) is 13.3 Å². The lowest BCUT2D eigenvalue weighted by Gasteiger charge is -2.05. The van der Waals surface area contributed by atoms with Gasteiger partial charge in [0.25, 0.3) is 0 Å². The molecule has 0 fully saturated rings. The number of pyridine rings is 1. The van der Waals surface area contributed by atoms with E-state index in [0.29, 0.717) is 10.9 Å². The predicted molar refractivity (Wildman–Crippen MR) is 60.1 cm³/mol. The fourth-order valence-electron chi connectivity index (χ4n) is 0.975. The van der Waals surface area contributed by atoms with Crippen LogP contribution in [-0.4, -0.2) is 24.2 Å². The average molecular weight is 218 g/mol. The summed E-state index contributed by atoms with van der Waals surface area (Å²) in [6.45, 7) is 0. The Hall–Kier alpha value is -0.540. The van der Waals surface area contributed by atoms with Crippen LogP contribution >= 0.6 is 22.1 Å². The Morgan fingerprint density at radius 1 is 1.69 bits per heavy atom. The Morgan fingerprint density at radius 3 is 2.92 bits per heavy atom. The van der Waals surface area contributed by atoms with Crippen LogP contribution in [0.15, 0.2) is 12.3 Å². The van der Waals surface area contributed by atoms with E-state index in [4.69, 9.17) is 16.3 Å². The van der Waals surface area contributed by atoms with Gasteiger partial charge in [0.2, 0.25) is 0 Å². The molecule has 0 aliphatic rings. The molecule has 0 amide bonds.